The summed E-state index contributed by atoms with van der Waals surface area (Å²) in [6.07, 6.45) is 7.51. The summed E-state index contributed by atoms with van der Waals surface area (Å²) in [4.78, 5) is 12.7. The summed E-state index contributed by atoms with van der Waals surface area (Å²) in [7, 11) is 1.59. The molecule has 1 fully saturated rings. The van der Waals surface area contributed by atoms with E-state index in [0.29, 0.717) is 23.6 Å². The average molecular weight is 454 g/mol. The van der Waals surface area contributed by atoms with E-state index in [1.165, 1.54) is 23.7 Å². The van der Waals surface area contributed by atoms with E-state index >= 15 is 0 Å². The molecule has 174 valence electrons. The number of benzene rings is 1. The number of anilines is 1. The molecule has 1 saturated carbocycles. The molecular formula is C21H26N8O4. The van der Waals surface area contributed by atoms with Crippen LogP contribution in [0.1, 0.15) is 60.8 Å². The summed E-state index contributed by atoms with van der Waals surface area (Å²) in [6.45, 7) is 1.97. The van der Waals surface area contributed by atoms with Gasteiger partial charge in [0.2, 0.25) is 11.6 Å². The fraction of sp³-hybridized carbons (Fsp3) is 0.429. The lowest BCUT2D eigenvalue weighted by Crippen LogP contribution is -2.20. The zero-order valence-electron chi connectivity index (χ0n) is 18.5. The number of hydrogen-bond acceptors (Lipinski definition) is 10. The third-order valence-corrected chi connectivity index (χ3v) is 5.32. The summed E-state index contributed by atoms with van der Waals surface area (Å²) in [5, 5.41) is 19.3. The Balaban J connectivity index is 1.46. The molecule has 1 aromatic carbocycles. The number of nitrogens with one attached hydrogen (secondary N) is 1. The van der Waals surface area contributed by atoms with E-state index in [0.717, 1.165) is 24.8 Å². The Morgan fingerprint density at radius 3 is 2.85 bits per heavy atom. The van der Waals surface area contributed by atoms with Gasteiger partial charge in [-0.25, -0.2) is 10.1 Å². The monoisotopic (exact) mass is 454 g/mol. The highest BCUT2D eigenvalue weighted by Crippen LogP contribution is 2.32. The number of amides is 1. The van der Waals surface area contributed by atoms with Crippen molar-refractivity contribution in [2.24, 2.45) is 5.10 Å². The third kappa shape index (κ3) is 4.94. The summed E-state index contributed by atoms with van der Waals surface area (Å²) < 4.78 is 17.5. The second kappa shape index (κ2) is 10.1. The summed E-state index contributed by atoms with van der Waals surface area (Å²) in [5.41, 5.74) is 9.62. The van der Waals surface area contributed by atoms with Gasteiger partial charge in [0.1, 0.15) is 0 Å². The van der Waals surface area contributed by atoms with Crippen LogP contribution in [-0.4, -0.2) is 50.6 Å². The molecule has 1 aliphatic carbocycles. The zero-order valence-corrected chi connectivity index (χ0v) is 18.5. The number of rotatable bonds is 9. The van der Waals surface area contributed by atoms with Crippen LogP contribution in [0.15, 0.2) is 27.9 Å². The minimum Gasteiger partial charge on any atom is -0.493 e. The zero-order chi connectivity index (χ0) is 23.2. The van der Waals surface area contributed by atoms with Crippen LogP contribution in [0.4, 0.5) is 5.82 Å². The molecule has 0 saturated heterocycles. The van der Waals surface area contributed by atoms with Crippen molar-refractivity contribution in [3.63, 3.8) is 0 Å². The molecule has 0 unspecified atom stereocenters. The van der Waals surface area contributed by atoms with E-state index in [-0.39, 0.29) is 23.4 Å². The molecule has 0 spiro atoms. The van der Waals surface area contributed by atoms with E-state index in [2.05, 4.69) is 35.8 Å². The highest BCUT2D eigenvalue weighted by Gasteiger charge is 2.23. The van der Waals surface area contributed by atoms with Crippen molar-refractivity contribution in [1.82, 2.24) is 30.7 Å². The number of hydrogen-bond donors (Lipinski definition) is 2. The molecule has 4 rings (SSSR count). The first-order valence-corrected chi connectivity index (χ1v) is 10.8. The molecular weight excluding hydrogens is 428 g/mol. The number of nitrogens with two attached hydrogens (primary N) is 1. The Hall–Kier alpha value is -3.96. The van der Waals surface area contributed by atoms with Crippen molar-refractivity contribution in [2.45, 2.75) is 51.6 Å². The molecule has 1 amide bonds. The number of methoxy groups -OCH3 is 1. The van der Waals surface area contributed by atoms with Gasteiger partial charge in [-0.1, -0.05) is 18.6 Å². The Morgan fingerprint density at radius 2 is 2.15 bits per heavy atom. The molecule has 0 atom stereocenters. The number of aromatic nitrogens is 5. The topological polar surface area (TPSA) is 156 Å². The Morgan fingerprint density at radius 1 is 1.33 bits per heavy atom. The minimum absolute atomic E-state index is 0.0523. The summed E-state index contributed by atoms with van der Waals surface area (Å²) >= 11 is 0. The van der Waals surface area contributed by atoms with E-state index < -0.39 is 5.91 Å². The quantitative estimate of drug-likeness (QED) is 0.366. The first-order valence-electron chi connectivity index (χ1n) is 10.8. The van der Waals surface area contributed by atoms with Gasteiger partial charge in [0, 0.05) is 0 Å². The minimum atomic E-state index is -0.510. The number of carbonyl (C=O) groups excluding carboxylic acids is 1. The lowest BCUT2D eigenvalue weighted by molar-refractivity contribution is 0.0949. The van der Waals surface area contributed by atoms with Crippen molar-refractivity contribution in [3.05, 3.63) is 35.2 Å². The van der Waals surface area contributed by atoms with Gasteiger partial charge >= 0.3 is 0 Å². The van der Waals surface area contributed by atoms with Gasteiger partial charge in [-0.15, -0.1) is 5.10 Å². The molecule has 3 aromatic rings. The molecule has 33 heavy (non-hydrogen) atoms. The van der Waals surface area contributed by atoms with Gasteiger partial charge in [-0.3, -0.25) is 4.79 Å². The second-order valence-corrected chi connectivity index (χ2v) is 7.65. The van der Waals surface area contributed by atoms with Gasteiger partial charge in [0.15, 0.2) is 17.2 Å². The third-order valence-electron chi connectivity index (χ3n) is 5.32. The predicted molar refractivity (Wildman–Crippen MR) is 119 cm³/mol. The highest BCUT2D eigenvalue weighted by molar-refractivity contribution is 5.94. The van der Waals surface area contributed by atoms with Crippen molar-refractivity contribution < 1.29 is 18.9 Å². The van der Waals surface area contributed by atoms with Crippen molar-refractivity contribution in [3.8, 4) is 17.3 Å². The molecule has 0 radical (unpaired) electrons. The van der Waals surface area contributed by atoms with Crippen LogP contribution in [0.2, 0.25) is 0 Å². The number of nitrogens with zero attached hydrogens (tertiary/aromatic N) is 6. The Bertz CT molecular complexity index is 1130. The number of nitrogen functional groups attached to an aromatic ring is 1. The van der Waals surface area contributed by atoms with Gasteiger partial charge in [0.25, 0.3) is 5.91 Å². The van der Waals surface area contributed by atoms with Crippen LogP contribution in [-0.2, 0) is 6.42 Å². The molecule has 2 heterocycles. The number of carbonyl (C=O) groups is 1. The molecule has 0 aliphatic heterocycles. The maximum absolute atomic E-state index is 12.7. The van der Waals surface area contributed by atoms with E-state index in [9.17, 15) is 4.79 Å². The normalized spacial score (nSPS) is 14.1. The van der Waals surface area contributed by atoms with E-state index in [4.69, 9.17) is 15.2 Å². The highest BCUT2D eigenvalue weighted by atomic mass is 16.6. The summed E-state index contributed by atoms with van der Waals surface area (Å²) in [6, 6.07) is 5.50. The van der Waals surface area contributed by atoms with Gasteiger partial charge < -0.3 is 15.2 Å². The number of ether oxygens (including phenoxy) is 2. The van der Waals surface area contributed by atoms with E-state index in [1.54, 1.807) is 13.2 Å². The lowest BCUT2D eigenvalue weighted by Gasteiger charge is -2.16. The second-order valence-electron chi connectivity index (χ2n) is 7.65. The van der Waals surface area contributed by atoms with Crippen LogP contribution >= 0.6 is 0 Å². The van der Waals surface area contributed by atoms with Crippen LogP contribution in [0.3, 0.4) is 0 Å². The molecule has 0 bridgehead atoms. The summed E-state index contributed by atoms with van der Waals surface area (Å²) in [5.74, 6) is 1.04. The first-order chi connectivity index (χ1) is 16.1. The van der Waals surface area contributed by atoms with Gasteiger partial charge in [0.05, 0.1) is 25.1 Å². The van der Waals surface area contributed by atoms with Crippen LogP contribution in [0, 0.1) is 0 Å². The Labute approximate surface area is 190 Å². The van der Waals surface area contributed by atoms with Crippen LogP contribution < -0.4 is 20.6 Å². The lowest BCUT2D eigenvalue weighted by atomic mass is 10.2. The standard InChI is InChI=1S/C21H26N8O4/c1-3-6-15-18(24-28-29(15)20-19(22)26-33-27-20)21(30)25-23-12-13-9-10-16(17(11-13)31-2)32-14-7-4-5-8-14/h9-12,14H,3-8H2,1-2H3,(H2,22,26)(H,25,30). The van der Waals surface area contributed by atoms with E-state index in [1.807, 2.05) is 19.1 Å². The largest absolute Gasteiger partial charge is 0.493 e. The average Bonchev–Trinajstić information content (AvgIpc) is 3.56. The van der Waals surface area contributed by atoms with Crippen LogP contribution in [0.5, 0.6) is 11.5 Å². The smallest absolute Gasteiger partial charge is 0.293 e. The van der Waals surface area contributed by atoms with Gasteiger partial charge in [-0.2, -0.15) is 9.78 Å². The molecule has 12 heteroatoms. The first kappa shape index (κ1) is 22.2. The fourth-order valence-electron chi connectivity index (χ4n) is 3.71. The molecule has 12 nitrogen and oxygen atoms in total. The number of hydrazone groups is 1. The maximum atomic E-state index is 12.7. The maximum Gasteiger partial charge on any atom is 0.293 e. The van der Waals surface area contributed by atoms with Crippen molar-refractivity contribution in [2.75, 3.05) is 12.8 Å². The fourth-order valence-corrected chi connectivity index (χ4v) is 3.71. The predicted octanol–water partition coefficient (Wildman–Crippen LogP) is 2.28. The van der Waals surface area contributed by atoms with Gasteiger partial charge in [-0.05, 0) is 66.2 Å². The molecule has 1 aliphatic rings. The molecule has 2 aromatic heterocycles. The van der Waals surface area contributed by atoms with Crippen LogP contribution in [0.25, 0.3) is 5.82 Å². The van der Waals surface area contributed by atoms with Crippen molar-refractivity contribution >= 4 is 17.9 Å². The van der Waals surface area contributed by atoms with Crippen molar-refractivity contribution in [1.29, 1.82) is 0 Å². The Kier molecular flexibility index (Phi) is 6.81. The SMILES string of the molecule is CCCc1c(C(=O)NN=Cc2ccc(OC3CCCC3)c(OC)c2)nnn1-c1nonc1N. The molecule has 3 N–H and O–H groups in total.